The van der Waals surface area contributed by atoms with Crippen LogP contribution in [0.5, 0.6) is 0 Å². The van der Waals surface area contributed by atoms with E-state index < -0.39 is 0 Å². The molecule has 11 aromatic rings. The Morgan fingerprint density at radius 1 is 0.328 bits per heavy atom. The summed E-state index contributed by atoms with van der Waals surface area (Å²) < 4.78 is 4.70. The Hall–Kier alpha value is -8.14. The van der Waals surface area contributed by atoms with Crippen LogP contribution < -0.4 is 0 Å². The average molecular weight is 741 g/mol. The third-order valence-corrected chi connectivity index (χ3v) is 11.0. The first-order valence-electron chi connectivity index (χ1n) is 19.3. The normalized spacial score (nSPS) is 11.4. The van der Waals surface area contributed by atoms with Gasteiger partial charge in [-0.25, -0.2) is 15.0 Å². The number of rotatable bonds is 6. The lowest BCUT2D eigenvalue weighted by atomic mass is 9.93. The van der Waals surface area contributed by atoms with Crippen LogP contribution in [0.1, 0.15) is 5.56 Å². The van der Waals surface area contributed by atoms with Crippen molar-refractivity contribution in [2.24, 2.45) is 0 Å². The molecule has 0 fully saturated rings. The van der Waals surface area contributed by atoms with Crippen LogP contribution in [0.2, 0.25) is 0 Å². The molecule has 11 rings (SSSR count). The third-order valence-electron chi connectivity index (χ3n) is 11.0. The molecule has 0 bridgehead atoms. The monoisotopic (exact) mass is 740 g/mol. The van der Waals surface area contributed by atoms with Crippen molar-refractivity contribution in [2.75, 3.05) is 0 Å². The van der Waals surface area contributed by atoms with Gasteiger partial charge in [-0.3, -0.25) is 0 Å². The van der Waals surface area contributed by atoms with Gasteiger partial charge in [0.25, 0.3) is 0 Å². The van der Waals surface area contributed by atoms with Gasteiger partial charge in [-0.05, 0) is 54.1 Å². The molecule has 3 heterocycles. The van der Waals surface area contributed by atoms with Gasteiger partial charge < -0.3 is 9.13 Å². The predicted molar refractivity (Wildman–Crippen MR) is 235 cm³/mol. The topological polar surface area (TPSA) is 72.3 Å². The highest BCUT2D eigenvalue weighted by Crippen LogP contribution is 2.45. The van der Waals surface area contributed by atoms with Crippen LogP contribution in [0.4, 0.5) is 0 Å². The summed E-state index contributed by atoms with van der Waals surface area (Å²) in [5, 5.41) is 14.6. The zero-order valence-corrected chi connectivity index (χ0v) is 31.2. The van der Waals surface area contributed by atoms with Crippen LogP contribution in [0.3, 0.4) is 0 Å². The minimum atomic E-state index is 0.534. The summed E-state index contributed by atoms with van der Waals surface area (Å²) in [5.41, 5.74) is 11.3. The Bertz CT molecular complexity index is 3230. The molecule has 0 spiro atoms. The van der Waals surface area contributed by atoms with Crippen LogP contribution in [0, 0.1) is 11.3 Å². The molecular weight excluding hydrogens is 709 g/mol. The van der Waals surface area contributed by atoms with Crippen LogP contribution >= 0.6 is 0 Å². The zero-order valence-electron chi connectivity index (χ0n) is 31.2. The second-order valence-corrected chi connectivity index (χ2v) is 14.3. The average Bonchev–Trinajstić information content (AvgIpc) is 3.82. The molecule has 58 heavy (non-hydrogen) atoms. The molecular formula is C52H32N6. The van der Waals surface area contributed by atoms with Gasteiger partial charge in [0.05, 0.1) is 50.6 Å². The lowest BCUT2D eigenvalue weighted by molar-refractivity contribution is 1.06. The van der Waals surface area contributed by atoms with Gasteiger partial charge in [0.15, 0.2) is 17.5 Å². The third kappa shape index (κ3) is 5.30. The van der Waals surface area contributed by atoms with Crippen molar-refractivity contribution in [3.63, 3.8) is 0 Å². The number of nitriles is 1. The van der Waals surface area contributed by atoms with E-state index in [9.17, 15) is 5.26 Å². The Morgan fingerprint density at radius 2 is 0.690 bits per heavy atom. The summed E-state index contributed by atoms with van der Waals surface area (Å²) in [6.45, 7) is 0. The van der Waals surface area contributed by atoms with E-state index in [-0.39, 0.29) is 0 Å². The maximum atomic E-state index is 9.94. The Kier molecular flexibility index (Phi) is 7.76. The molecule has 3 aromatic heterocycles. The number of fused-ring (bicyclic) bond motifs is 6. The lowest BCUT2D eigenvalue weighted by Gasteiger charge is -2.22. The molecule has 6 heteroatoms. The standard InChI is InChI=1S/C52H32N6/c53-33-34-27-29-35(30-28-34)48-46(57-42-23-11-7-19-38(42)39-20-8-12-24-43(39)57)31-32-47(58-44-25-13-9-21-40(44)41-22-10-14-26-45(41)58)49(48)52-55-50(36-15-3-1-4-16-36)54-51(56-52)37-17-5-2-6-18-37/h1-32H. The number of nitrogens with zero attached hydrogens (tertiary/aromatic N) is 6. The molecule has 0 aliphatic carbocycles. The maximum Gasteiger partial charge on any atom is 0.166 e. The van der Waals surface area contributed by atoms with Gasteiger partial charge in [-0.1, -0.05) is 146 Å². The molecule has 0 unspecified atom stereocenters. The van der Waals surface area contributed by atoms with Gasteiger partial charge in [-0.2, -0.15) is 5.26 Å². The van der Waals surface area contributed by atoms with Crippen LogP contribution in [-0.2, 0) is 0 Å². The van der Waals surface area contributed by atoms with E-state index >= 15 is 0 Å². The van der Waals surface area contributed by atoms with Crippen molar-refractivity contribution in [1.82, 2.24) is 24.1 Å². The van der Waals surface area contributed by atoms with E-state index in [1.807, 2.05) is 84.9 Å². The molecule has 6 nitrogen and oxygen atoms in total. The van der Waals surface area contributed by atoms with Gasteiger partial charge in [0.1, 0.15) is 0 Å². The fraction of sp³-hybridized carbons (Fsp3) is 0. The largest absolute Gasteiger partial charge is 0.309 e. The first-order chi connectivity index (χ1) is 28.7. The minimum absolute atomic E-state index is 0.534. The van der Waals surface area contributed by atoms with E-state index in [0.29, 0.717) is 23.0 Å². The van der Waals surface area contributed by atoms with Crippen LogP contribution in [0.25, 0.3) is 100 Å². The Morgan fingerprint density at radius 3 is 1.10 bits per heavy atom. The highest BCUT2D eigenvalue weighted by atomic mass is 15.1. The number of para-hydroxylation sites is 4. The minimum Gasteiger partial charge on any atom is -0.309 e. The predicted octanol–water partition coefficient (Wildman–Crippen LogP) is 12.6. The van der Waals surface area contributed by atoms with Crippen molar-refractivity contribution >= 4 is 43.6 Å². The second kappa shape index (κ2) is 13.6. The molecule has 270 valence electrons. The number of hydrogen-bond acceptors (Lipinski definition) is 4. The Labute approximate surface area is 334 Å². The SMILES string of the molecule is N#Cc1ccc(-c2c(-n3c4ccccc4c4ccccc43)ccc(-n3c4ccccc4c4ccccc43)c2-c2nc(-c3ccccc3)nc(-c3ccccc3)n2)cc1. The highest BCUT2D eigenvalue weighted by Gasteiger charge is 2.27. The maximum absolute atomic E-state index is 9.94. The fourth-order valence-corrected chi connectivity index (χ4v) is 8.47. The molecule has 0 N–H and O–H groups in total. The Balaban J connectivity index is 1.35. The highest BCUT2D eigenvalue weighted by molar-refractivity contribution is 6.12. The van der Waals surface area contributed by atoms with Crippen LogP contribution in [-0.4, -0.2) is 24.1 Å². The van der Waals surface area contributed by atoms with Gasteiger partial charge >= 0.3 is 0 Å². The van der Waals surface area contributed by atoms with E-state index in [1.165, 1.54) is 0 Å². The summed E-state index contributed by atoms with van der Waals surface area (Å²) in [7, 11) is 0. The first kappa shape index (κ1) is 33.2. The number of aromatic nitrogens is 5. The summed E-state index contributed by atoms with van der Waals surface area (Å²) >= 11 is 0. The van der Waals surface area contributed by atoms with Crippen molar-refractivity contribution < 1.29 is 0 Å². The van der Waals surface area contributed by atoms with E-state index in [1.54, 1.807) is 0 Å². The lowest BCUT2D eigenvalue weighted by Crippen LogP contribution is -2.08. The van der Waals surface area contributed by atoms with Crippen molar-refractivity contribution in [1.29, 1.82) is 5.26 Å². The van der Waals surface area contributed by atoms with E-state index in [0.717, 1.165) is 82.8 Å². The van der Waals surface area contributed by atoms with Crippen LogP contribution in [0.15, 0.2) is 194 Å². The van der Waals surface area contributed by atoms with E-state index in [2.05, 4.69) is 124 Å². The second-order valence-electron chi connectivity index (χ2n) is 14.3. The number of hydrogen-bond donors (Lipinski definition) is 0. The number of benzene rings is 8. The van der Waals surface area contributed by atoms with E-state index in [4.69, 9.17) is 15.0 Å². The molecule has 0 saturated carbocycles. The van der Waals surface area contributed by atoms with Gasteiger partial charge in [0.2, 0.25) is 0 Å². The molecule has 0 atom stereocenters. The summed E-state index contributed by atoms with van der Waals surface area (Å²) in [4.78, 5) is 15.9. The van der Waals surface area contributed by atoms with Crippen molar-refractivity contribution in [2.45, 2.75) is 0 Å². The van der Waals surface area contributed by atoms with Gasteiger partial charge in [-0.15, -0.1) is 0 Å². The first-order valence-corrected chi connectivity index (χ1v) is 19.3. The quantitative estimate of drug-likeness (QED) is 0.170. The molecule has 0 amide bonds. The van der Waals surface area contributed by atoms with Crippen molar-refractivity contribution in [3.8, 4) is 62.7 Å². The summed E-state index contributed by atoms with van der Waals surface area (Å²) in [6, 6.07) is 69.1. The summed E-state index contributed by atoms with van der Waals surface area (Å²) in [6.07, 6.45) is 0. The molecule has 0 radical (unpaired) electrons. The molecule has 0 saturated heterocycles. The zero-order chi connectivity index (χ0) is 38.6. The smallest absolute Gasteiger partial charge is 0.166 e. The summed E-state index contributed by atoms with van der Waals surface area (Å²) in [5.74, 6) is 1.68. The molecule has 0 aliphatic heterocycles. The van der Waals surface area contributed by atoms with Gasteiger partial charge in [0, 0.05) is 38.2 Å². The fourth-order valence-electron chi connectivity index (χ4n) is 8.47. The van der Waals surface area contributed by atoms with Crippen molar-refractivity contribution in [3.05, 3.63) is 200 Å². The molecule has 8 aromatic carbocycles. The molecule has 0 aliphatic rings.